The summed E-state index contributed by atoms with van der Waals surface area (Å²) in [6.07, 6.45) is 1.17. The first-order chi connectivity index (χ1) is 16.5. The predicted octanol–water partition coefficient (Wildman–Crippen LogP) is 4.32. The van der Waals surface area contributed by atoms with Crippen LogP contribution in [0, 0.1) is 13.8 Å². The number of methoxy groups -OCH3 is 2. The Morgan fingerprint density at radius 2 is 1.57 bits per heavy atom. The van der Waals surface area contributed by atoms with Crippen LogP contribution in [-0.4, -0.2) is 40.8 Å². The molecule has 184 valence electrons. The van der Waals surface area contributed by atoms with Crippen molar-refractivity contribution in [3.05, 3.63) is 88.5 Å². The summed E-state index contributed by atoms with van der Waals surface area (Å²) in [6.45, 7) is 3.90. The predicted molar refractivity (Wildman–Crippen MR) is 136 cm³/mol. The van der Waals surface area contributed by atoms with Gasteiger partial charge < -0.3 is 14.8 Å². The average Bonchev–Trinajstić information content (AvgIpc) is 2.83. The smallest absolute Gasteiger partial charge is 0.337 e. The number of carbonyl (C=O) groups excluding carboxylic acids is 2. The van der Waals surface area contributed by atoms with Crippen LogP contribution in [0.25, 0.3) is 0 Å². The fraction of sp³-hybridized carbons (Fsp3) is 0.231. The Bertz CT molecular complexity index is 1350. The number of benzene rings is 3. The third-order valence-electron chi connectivity index (χ3n) is 5.44. The van der Waals surface area contributed by atoms with Crippen molar-refractivity contribution in [3.8, 4) is 5.75 Å². The lowest BCUT2D eigenvalue weighted by molar-refractivity contribution is 0.0600. The van der Waals surface area contributed by atoms with Crippen LogP contribution in [0.4, 0.5) is 11.4 Å². The van der Waals surface area contributed by atoms with E-state index < -0.39 is 21.9 Å². The molecule has 9 heteroatoms. The Hall–Kier alpha value is -3.85. The third kappa shape index (κ3) is 6.19. The Morgan fingerprint density at radius 3 is 2.17 bits per heavy atom. The van der Waals surface area contributed by atoms with Crippen molar-refractivity contribution in [1.29, 1.82) is 0 Å². The van der Waals surface area contributed by atoms with Crippen LogP contribution in [0.5, 0.6) is 5.75 Å². The molecule has 0 fully saturated rings. The van der Waals surface area contributed by atoms with Crippen LogP contribution < -0.4 is 14.4 Å². The van der Waals surface area contributed by atoms with Gasteiger partial charge in [-0.25, -0.2) is 13.2 Å². The highest BCUT2D eigenvalue weighted by Gasteiger charge is 2.20. The highest BCUT2D eigenvalue weighted by Crippen LogP contribution is 2.28. The lowest BCUT2D eigenvalue weighted by Gasteiger charge is -2.25. The van der Waals surface area contributed by atoms with Crippen LogP contribution >= 0.6 is 0 Å². The maximum Gasteiger partial charge on any atom is 0.337 e. The quantitative estimate of drug-likeness (QED) is 0.466. The molecule has 0 saturated heterocycles. The second-order valence-corrected chi connectivity index (χ2v) is 10.0. The van der Waals surface area contributed by atoms with Crippen molar-refractivity contribution in [2.45, 2.75) is 20.4 Å². The summed E-state index contributed by atoms with van der Waals surface area (Å²) >= 11 is 0. The molecular formula is C26H28N2O6S. The van der Waals surface area contributed by atoms with Gasteiger partial charge in [-0.1, -0.05) is 24.3 Å². The van der Waals surface area contributed by atoms with Crippen molar-refractivity contribution < 1.29 is 27.5 Å². The van der Waals surface area contributed by atoms with Crippen molar-refractivity contribution in [1.82, 2.24) is 0 Å². The van der Waals surface area contributed by atoms with Crippen LogP contribution in [0.15, 0.2) is 60.7 Å². The van der Waals surface area contributed by atoms with E-state index in [2.05, 4.69) is 5.32 Å². The second kappa shape index (κ2) is 10.6. The van der Waals surface area contributed by atoms with Gasteiger partial charge in [0.1, 0.15) is 5.75 Å². The molecule has 0 spiro atoms. The number of amides is 1. The highest BCUT2D eigenvalue weighted by atomic mass is 32.2. The highest BCUT2D eigenvalue weighted by molar-refractivity contribution is 7.92. The number of nitrogens with zero attached hydrogens (tertiary/aromatic N) is 1. The van der Waals surface area contributed by atoms with E-state index in [0.29, 0.717) is 22.7 Å². The van der Waals surface area contributed by atoms with E-state index in [9.17, 15) is 18.0 Å². The summed E-state index contributed by atoms with van der Waals surface area (Å²) in [5.41, 5.74) is 4.09. The molecule has 0 aromatic heterocycles. The molecular weight excluding hydrogens is 468 g/mol. The Labute approximate surface area is 205 Å². The molecule has 1 amide bonds. The average molecular weight is 497 g/mol. The monoisotopic (exact) mass is 496 g/mol. The van der Waals surface area contributed by atoms with Crippen molar-refractivity contribution in [3.63, 3.8) is 0 Å². The van der Waals surface area contributed by atoms with E-state index in [1.807, 2.05) is 32.0 Å². The molecule has 8 nitrogen and oxygen atoms in total. The number of carbonyl (C=O) groups is 2. The number of hydrogen-bond donors (Lipinski definition) is 1. The number of aryl methyl sites for hydroxylation is 2. The maximum atomic E-state index is 12.8. The summed E-state index contributed by atoms with van der Waals surface area (Å²) in [4.78, 5) is 24.7. The molecule has 0 atom stereocenters. The van der Waals surface area contributed by atoms with Crippen LogP contribution in [0.3, 0.4) is 0 Å². The molecule has 3 rings (SSSR count). The number of rotatable bonds is 8. The third-order valence-corrected chi connectivity index (χ3v) is 6.57. The number of hydrogen-bond acceptors (Lipinski definition) is 6. The zero-order chi connectivity index (χ0) is 25.8. The maximum absolute atomic E-state index is 12.8. The van der Waals surface area contributed by atoms with Gasteiger partial charge in [0.2, 0.25) is 10.0 Å². The number of anilines is 2. The molecule has 0 aliphatic rings. The normalized spacial score (nSPS) is 11.0. The standard InChI is InChI=1S/C26H28N2O6S/c1-17-6-7-18(2)23(14-17)28(35(5,31)32)16-19-8-10-20(11-9-19)25(29)27-22-15-21(26(30)34-4)12-13-24(22)33-3/h6-15H,16H2,1-5H3,(H,27,29). The van der Waals surface area contributed by atoms with Crippen molar-refractivity contribution in [2.75, 3.05) is 30.1 Å². The summed E-state index contributed by atoms with van der Waals surface area (Å²) in [5.74, 6) is -0.557. The van der Waals surface area contributed by atoms with Gasteiger partial charge in [-0.2, -0.15) is 0 Å². The van der Waals surface area contributed by atoms with Gasteiger partial charge in [-0.05, 0) is 66.9 Å². The van der Waals surface area contributed by atoms with Crippen LogP contribution in [0.1, 0.15) is 37.4 Å². The van der Waals surface area contributed by atoms with Crippen LogP contribution in [0.2, 0.25) is 0 Å². The molecule has 3 aromatic rings. The largest absolute Gasteiger partial charge is 0.495 e. The Balaban J connectivity index is 1.83. The molecule has 0 aliphatic heterocycles. The van der Waals surface area contributed by atoms with E-state index in [1.54, 1.807) is 36.4 Å². The van der Waals surface area contributed by atoms with Gasteiger partial charge in [-0.3, -0.25) is 9.10 Å². The summed E-state index contributed by atoms with van der Waals surface area (Å²) in [5, 5.41) is 2.74. The molecule has 0 saturated carbocycles. The lowest BCUT2D eigenvalue weighted by atomic mass is 10.1. The van der Waals surface area contributed by atoms with Crippen molar-refractivity contribution in [2.24, 2.45) is 0 Å². The molecule has 0 unspecified atom stereocenters. The Kier molecular flexibility index (Phi) is 7.81. The fourth-order valence-electron chi connectivity index (χ4n) is 3.54. The van der Waals surface area contributed by atoms with Gasteiger partial charge in [0.25, 0.3) is 5.91 Å². The number of ether oxygens (including phenoxy) is 2. The zero-order valence-electron chi connectivity index (χ0n) is 20.3. The van der Waals surface area contributed by atoms with E-state index in [0.717, 1.165) is 16.7 Å². The number of sulfonamides is 1. The minimum Gasteiger partial charge on any atom is -0.495 e. The summed E-state index contributed by atoms with van der Waals surface area (Å²) in [6, 6.07) is 16.9. The first kappa shape index (κ1) is 25.8. The van der Waals surface area contributed by atoms with Gasteiger partial charge in [0.15, 0.2) is 0 Å². The summed E-state index contributed by atoms with van der Waals surface area (Å²) < 4.78 is 36.5. The minimum absolute atomic E-state index is 0.125. The number of nitrogens with one attached hydrogen (secondary N) is 1. The van der Waals surface area contributed by atoms with Gasteiger partial charge in [0, 0.05) is 5.56 Å². The molecule has 0 bridgehead atoms. The van der Waals surface area contributed by atoms with Gasteiger partial charge >= 0.3 is 5.97 Å². The van der Waals surface area contributed by atoms with Crippen LogP contribution in [-0.2, 0) is 21.3 Å². The SMILES string of the molecule is COC(=O)c1ccc(OC)c(NC(=O)c2ccc(CN(c3cc(C)ccc3C)S(C)(=O)=O)cc2)c1. The second-order valence-electron chi connectivity index (χ2n) is 8.12. The molecule has 3 aromatic carbocycles. The molecule has 1 N–H and O–H groups in total. The van der Waals surface area contributed by atoms with Gasteiger partial charge in [0.05, 0.1) is 44.0 Å². The van der Waals surface area contributed by atoms with Crippen molar-refractivity contribution >= 4 is 33.3 Å². The van der Waals surface area contributed by atoms with Gasteiger partial charge in [-0.15, -0.1) is 0 Å². The first-order valence-corrected chi connectivity index (χ1v) is 12.6. The van der Waals surface area contributed by atoms with E-state index >= 15 is 0 Å². The molecule has 0 heterocycles. The minimum atomic E-state index is -3.54. The Morgan fingerprint density at radius 1 is 0.914 bits per heavy atom. The fourth-order valence-corrected chi connectivity index (χ4v) is 4.48. The topological polar surface area (TPSA) is 102 Å². The van der Waals surface area contributed by atoms with E-state index in [4.69, 9.17) is 9.47 Å². The molecule has 35 heavy (non-hydrogen) atoms. The molecule has 0 aliphatic carbocycles. The number of esters is 1. The summed E-state index contributed by atoms with van der Waals surface area (Å²) in [7, 11) is -0.807. The van der Waals surface area contributed by atoms with E-state index in [1.165, 1.54) is 30.8 Å². The molecule has 0 radical (unpaired) electrons. The lowest BCUT2D eigenvalue weighted by Crippen LogP contribution is -2.30. The zero-order valence-corrected chi connectivity index (χ0v) is 21.1. The first-order valence-electron chi connectivity index (χ1n) is 10.7. The van der Waals surface area contributed by atoms with E-state index in [-0.39, 0.29) is 12.1 Å².